The molecule has 1 fully saturated rings. The first-order valence-electron chi connectivity index (χ1n) is 13.9. The van der Waals surface area contributed by atoms with E-state index in [0.717, 1.165) is 21.9 Å². The van der Waals surface area contributed by atoms with Crippen LogP contribution in [-0.2, 0) is 37.1 Å². The maximum Gasteiger partial charge on any atom is 0.352 e. The number of hydrogen-bond donors (Lipinski definition) is 6. The summed E-state index contributed by atoms with van der Waals surface area (Å²) in [5.74, 6) is -3.96. The Morgan fingerprint density at radius 3 is 2.65 bits per heavy atom. The number of nitrogens with two attached hydrogens (primary N) is 3. The van der Waals surface area contributed by atoms with Gasteiger partial charge in [-0.15, -0.1) is 11.8 Å². The highest BCUT2D eigenvalue weighted by Gasteiger charge is 2.54. The molecule has 0 bridgehead atoms. The van der Waals surface area contributed by atoms with E-state index in [-0.39, 0.29) is 35.0 Å². The van der Waals surface area contributed by atoms with Crippen LogP contribution >= 0.6 is 23.3 Å². The molecule has 1 saturated heterocycles. The highest BCUT2D eigenvalue weighted by atomic mass is 32.2. The van der Waals surface area contributed by atoms with Gasteiger partial charge in [0.25, 0.3) is 11.8 Å². The number of aromatic nitrogens is 5. The number of pyridine rings is 1. The summed E-state index contributed by atoms with van der Waals surface area (Å²) >= 11 is 2.04. The average molecular weight is 675 g/mol. The molecule has 5 heterocycles. The second-order valence-electron chi connectivity index (χ2n) is 11.2. The van der Waals surface area contributed by atoms with E-state index in [0.29, 0.717) is 30.1 Å². The van der Waals surface area contributed by atoms with Crippen LogP contribution in [0.2, 0.25) is 0 Å². The van der Waals surface area contributed by atoms with E-state index in [1.165, 1.54) is 25.6 Å². The van der Waals surface area contributed by atoms with Gasteiger partial charge >= 0.3 is 23.5 Å². The fourth-order valence-electron chi connectivity index (χ4n) is 4.78. The number of β-lactam (4-membered cyclic amide) rings is 1. The molecule has 3 aromatic rings. The number of imidazole rings is 1. The molecule has 2 aliphatic rings. The van der Waals surface area contributed by atoms with Crippen molar-refractivity contribution in [3.05, 3.63) is 35.4 Å². The summed E-state index contributed by atoms with van der Waals surface area (Å²) in [5, 5.41) is 25.0. The number of aliphatic carboxylic acids is 2. The Balaban J connectivity index is 1.38. The lowest BCUT2D eigenvalue weighted by atomic mass is 10.0. The second kappa shape index (κ2) is 12.5. The molecule has 5 rings (SSSR count). The number of amides is 2. The van der Waals surface area contributed by atoms with E-state index < -0.39 is 46.5 Å². The van der Waals surface area contributed by atoms with Crippen molar-refractivity contribution in [2.75, 3.05) is 17.2 Å². The minimum Gasteiger partial charge on any atom is -0.478 e. The van der Waals surface area contributed by atoms with Crippen LogP contribution in [0.15, 0.2) is 34.8 Å². The maximum atomic E-state index is 13.4. The van der Waals surface area contributed by atoms with Crippen LogP contribution in [0, 0.1) is 0 Å². The number of aryl methyl sites for hydroxylation is 1. The monoisotopic (exact) mass is 674 g/mol. The molecule has 0 aromatic carbocycles. The van der Waals surface area contributed by atoms with E-state index in [9.17, 15) is 29.4 Å². The fraction of sp³-hybridized carbons (Fsp3) is 0.423. The zero-order valence-electron chi connectivity index (χ0n) is 24.9. The van der Waals surface area contributed by atoms with E-state index in [1.54, 1.807) is 16.8 Å². The third-order valence-corrected chi connectivity index (χ3v) is 9.15. The Hall–Kier alpha value is -4.82. The molecular weight excluding hydrogens is 642 g/mol. The normalized spacial score (nSPS) is 19.1. The Labute approximate surface area is 269 Å². The number of fused-ring (bicyclic) bond motifs is 2. The molecule has 3 atom stereocenters. The van der Waals surface area contributed by atoms with Crippen molar-refractivity contribution in [3.8, 4) is 0 Å². The third-order valence-electron chi connectivity index (χ3n) is 7.26. The van der Waals surface area contributed by atoms with Crippen LogP contribution in [0.5, 0.6) is 0 Å². The van der Waals surface area contributed by atoms with Gasteiger partial charge < -0.3 is 37.6 Å². The molecule has 2 amide bonds. The number of anilines is 2. The zero-order valence-corrected chi connectivity index (χ0v) is 26.5. The van der Waals surface area contributed by atoms with Gasteiger partial charge in [0.2, 0.25) is 17.1 Å². The molecule has 0 saturated carbocycles. The van der Waals surface area contributed by atoms with E-state index in [4.69, 9.17) is 22.0 Å². The first-order valence-corrected chi connectivity index (χ1v) is 15.7. The molecule has 2 aliphatic heterocycles. The lowest BCUT2D eigenvalue weighted by molar-refractivity contribution is -0.664. The Morgan fingerprint density at radius 2 is 2.02 bits per heavy atom. The number of nitrogens with one attached hydrogen (secondary N) is 1. The third kappa shape index (κ3) is 6.17. The molecule has 244 valence electrons. The van der Waals surface area contributed by atoms with Gasteiger partial charge in [0.1, 0.15) is 29.2 Å². The summed E-state index contributed by atoms with van der Waals surface area (Å²) in [6.07, 6.45) is 2.43. The number of nitrogens with zero attached hydrogens (tertiary/aromatic N) is 7. The average Bonchev–Trinajstić information content (AvgIpc) is 3.56. The maximum absolute atomic E-state index is 13.4. The number of oxime groups is 1. The summed E-state index contributed by atoms with van der Waals surface area (Å²) in [5.41, 5.74) is 17.0. The number of carbonyl (C=O) groups is 4. The fourth-order valence-corrected chi connectivity index (χ4v) is 6.55. The first kappa shape index (κ1) is 32.6. The van der Waals surface area contributed by atoms with Crippen molar-refractivity contribution in [3.63, 3.8) is 0 Å². The second-order valence-corrected chi connectivity index (χ2v) is 13.0. The van der Waals surface area contributed by atoms with Crippen LogP contribution in [0.3, 0.4) is 0 Å². The number of carboxylic acid groups (broad SMARTS) is 2. The van der Waals surface area contributed by atoms with Crippen molar-refractivity contribution >= 4 is 75.0 Å². The smallest absolute Gasteiger partial charge is 0.352 e. The molecule has 0 radical (unpaired) electrons. The molecule has 0 spiro atoms. The molecule has 3 aromatic heterocycles. The Morgan fingerprint density at radius 1 is 1.28 bits per heavy atom. The minimum atomic E-state index is -1.80. The highest BCUT2D eigenvalue weighted by molar-refractivity contribution is 8.00. The summed E-state index contributed by atoms with van der Waals surface area (Å²) in [6.45, 7) is 5.02. The highest BCUT2D eigenvalue weighted by Crippen LogP contribution is 2.40. The van der Waals surface area contributed by atoms with Crippen LogP contribution in [0.1, 0.15) is 33.0 Å². The van der Waals surface area contributed by atoms with Gasteiger partial charge in [0.15, 0.2) is 5.13 Å². The Bertz CT molecular complexity index is 1800. The molecule has 2 unspecified atom stereocenters. The van der Waals surface area contributed by atoms with Gasteiger partial charge in [-0.3, -0.25) is 19.1 Å². The molecule has 18 nitrogen and oxygen atoms in total. The number of carboxylic acids is 2. The molecular formula is C26H32N11O7S2+. The number of carbonyl (C=O) groups excluding carboxylic acids is 2. The van der Waals surface area contributed by atoms with Crippen molar-refractivity contribution in [1.82, 2.24) is 29.1 Å². The predicted molar refractivity (Wildman–Crippen MR) is 166 cm³/mol. The van der Waals surface area contributed by atoms with Crippen LogP contribution < -0.4 is 27.1 Å². The topological polar surface area (TPSA) is 271 Å². The molecule has 46 heavy (non-hydrogen) atoms. The number of thioether (sulfide) groups is 1. The van der Waals surface area contributed by atoms with Gasteiger partial charge in [0.05, 0.1) is 6.20 Å². The van der Waals surface area contributed by atoms with Crippen molar-refractivity contribution in [2.45, 2.75) is 63.3 Å². The summed E-state index contributed by atoms with van der Waals surface area (Å²) < 4.78 is 7.56. The van der Waals surface area contributed by atoms with Crippen LogP contribution in [0.25, 0.3) is 11.2 Å². The number of rotatable bonds is 12. The van der Waals surface area contributed by atoms with Crippen molar-refractivity contribution in [1.29, 1.82) is 0 Å². The van der Waals surface area contributed by atoms with Crippen molar-refractivity contribution in [2.24, 2.45) is 10.9 Å². The van der Waals surface area contributed by atoms with Gasteiger partial charge in [-0.1, -0.05) is 5.16 Å². The van der Waals surface area contributed by atoms with Crippen LogP contribution in [-0.4, -0.2) is 92.3 Å². The number of nitrogen functional groups attached to an aromatic ring is 2. The van der Waals surface area contributed by atoms with Gasteiger partial charge in [0, 0.05) is 35.4 Å². The van der Waals surface area contributed by atoms with Gasteiger partial charge in [-0.05, 0) is 44.3 Å². The van der Waals surface area contributed by atoms with Gasteiger partial charge in [-0.2, -0.15) is 9.36 Å². The lowest BCUT2D eigenvalue weighted by Crippen LogP contribution is -2.71. The summed E-state index contributed by atoms with van der Waals surface area (Å²) in [7, 11) is 0. The Kier molecular flexibility index (Phi) is 8.87. The molecule has 9 N–H and O–H groups in total. The standard InChI is InChI=1S/C26H31N11O7S2/c1-11(27)6-8-36-13-5-4-7-35(18(13)32-24(36)28)9-12-10-45-21-15(20(39)37(21)16(12)22(40)41)30-19(38)14(17-31-25(29)46-34-17)33-44-26(2,3)23(42)43/h4-5,7,11,15,21,28H,6,8-10,27H2,1-3H3,(H5,29,30,31,34,38,40,41,42,43)/p+1/t11-,15?,21?/m0/s1. The van der Waals surface area contributed by atoms with E-state index >= 15 is 0 Å². The minimum absolute atomic E-state index is 0.0127. The molecule has 0 aliphatic carbocycles. The molecule has 20 heteroatoms. The van der Waals surface area contributed by atoms with Crippen molar-refractivity contribution < 1.29 is 38.8 Å². The lowest BCUT2D eigenvalue weighted by Gasteiger charge is -2.49. The van der Waals surface area contributed by atoms with Crippen LogP contribution in [0.4, 0.5) is 11.1 Å². The largest absolute Gasteiger partial charge is 0.478 e. The SMILES string of the molecule is C[C@H](N)CCn1c(N)nc2c1ccc[n+]2CC1=C(C(=O)O)N2C(=O)C(NC(=O)C(=NOC(C)(C)C(=O)O)c3nsc(N)n3)C2SC1. The first-order chi connectivity index (χ1) is 21.7. The quantitative estimate of drug-likeness (QED) is 0.0588. The van der Waals surface area contributed by atoms with E-state index in [1.807, 2.05) is 17.6 Å². The van der Waals surface area contributed by atoms with Gasteiger partial charge in [-0.25, -0.2) is 14.2 Å². The zero-order chi connectivity index (χ0) is 33.5. The van der Waals surface area contributed by atoms with E-state index in [2.05, 4.69) is 24.8 Å². The summed E-state index contributed by atoms with van der Waals surface area (Å²) in [4.78, 5) is 65.3. The number of hydrogen-bond acceptors (Lipinski definition) is 14. The predicted octanol–water partition coefficient (Wildman–Crippen LogP) is -0.900. The summed E-state index contributed by atoms with van der Waals surface area (Å²) in [6, 6.07) is 2.50.